The SMILES string of the molecule is Cc1ccc(-c2nc(CSc3nnc(C(C)Oc4ccc(F)cc4Cl)n3C)cs2)cc1. The van der Waals surface area contributed by atoms with Crippen molar-refractivity contribution in [2.75, 3.05) is 0 Å². The zero-order chi connectivity index (χ0) is 22.0. The molecule has 5 nitrogen and oxygen atoms in total. The van der Waals surface area contributed by atoms with Gasteiger partial charge in [0.25, 0.3) is 0 Å². The molecule has 160 valence electrons. The second-order valence-corrected chi connectivity index (χ2v) is 9.24. The van der Waals surface area contributed by atoms with Gasteiger partial charge in [0.05, 0.1) is 10.7 Å². The van der Waals surface area contributed by atoms with Crippen LogP contribution in [-0.4, -0.2) is 19.7 Å². The van der Waals surface area contributed by atoms with Gasteiger partial charge in [0.2, 0.25) is 0 Å². The highest BCUT2D eigenvalue weighted by Crippen LogP contribution is 2.31. The lowest BCUT2D eigenvalue weighted by Crippen LogP contribution is -2.10. The molecule has 0 aliphatic carbocycles. The maximum atomic E-state index is 13.2. The van der Waals surface area contributed by atoms with Gasteiger partial charge in [-0.25, -0.2) is 9.37 Å². The van der Waals surface area contributed by atoms with E-state index in [0.717, 1.165) is 21.4 Å². The molecule has 0 aliphatic rings. The molecule has 1 unspecified atom stereocenters. The van der Waals surface area contributed by atoms with Gasteiger partial charge in [0.15, 0.2) is 17.1 Å². The van der Waals surface area contributed by atoms with Crippen LogP contribution in [0.25, 0.3) is 10.6 Å². The minimum Gasteiger partial charge on any atom is -0.481 e. The van der Waals surface area contributed by atoms with E-state index in [1.165, 1.54) is 23.8 Å². The molecule has 9 heteroatoms. The number of rotatable bonds is 7. The van der Waals surface area contributed by atoms with Crippen LogP contribution in [0.1, 0.15) is 30.1 Å². The van der Waals surface area contributed by atoms with Gasteiger partial charge in [-0.2, -0.15) is 0 Å². The van der Waals surface area contributed by atoms with Crippen LogP contribution in [0, 0.1) is 12.7 Å². The topological polar surface area (TPSA) is 52.8 Å². The maximum absolute atomic E-state index is 13.2. The molecule has 4 rings (SSSR count). The van der Waals surface area contributed by atoms with E-state index >= 15 is 0 Å². The summed E-state index contributed by atoms with van der Waals surface area (Å²) in [6.07, 6.45) is -0.401. The van der Waals surface area contributed by atoms with Gasteiger partial charge >= 0.3 is 0 Å². The molecule has 0 N–H and O–H groups in total. The normalized spacial score (nSPS) is 12.2. The Balaban J connectivity index is 1.41. The van der Waals surface area contributed by atoms with Crippen LogP contribution in [0.15, 0.2) is 53.0 Å². The van der Waals surface area contributed by atoms with Gasteiger partial charge in [-0.1, -0.05) is 53.2 Å². The first-order valence-electron chi connectivity index (χ1n) is 9.56. The number of hydrogen-bond acceptors (Lipinski definition) is 6. The molecule has 0 saturated carbocycles. The summed E-state index contributed by atoms with van der Waals surface area (Å²) in [6, 6.07) is 12.4. The van der Waals surface area contributed by atoms with Crippen LogP contribution < -0.4 is 4.74 Å². The lowest BCUT2D eigenvalue weighted by molar-refractivity contribution is 0.211. The molecular weight excluding hydrogens is 455 g/mol. The Morgan fingerprint density at radius 1 is 1.19 bits per heavy atom. The first kappa shape index (κ1) is 21.8. The molecule has 1 atom stereocenters. The van der Waals surface area contributed by atoms with E-state index in [9.17, 15) is 4.39 Å². The summed E-state index contributed by atoms with van der Waals surface area (Å²) in [5.41, 5.74) is 3.35. The van der Waals surface area contributed by atoms with E-state index in [0.29, 0.717) is 17.3 Å². The number of aromatic nitrogens is 4. The molecule has 0 amide bonds. The molecule has 31 heavy (non-hydrogen) atoms. The Morgan fingerprint density at radius 3 is 2.71 bits per heavy atom. The van der Waals surface area contributed by atoms with Crippen molar-refractivity contribution in [3.05, 3.63) is 75.8 Å². The summed E-state index contributed by atoms with van der Waals surface area (Å²) in [7, 11) is 1.89. The third-order valence-electron chi connectivity index (χ3n) is 4.63. The summed E-state index contributed by atoms with van der Waals surface area (Å²) in [5.74, 6) is 1.34. The molecule has 2 aromatic carbocycles. The molecule has 2 aromatic heterocycles. The zero-order valence-corrected chi connectivity index (χ0v) is 19.6. The highest BCUT2D eigenvalue weighted by molar-refractivity contribution is 7.98. The monoisotopic (exact) mass is 474 g/mol. The average molecular weight is 475 g/mol. The van der Waals surface area contributed by atoms with Gasteiger partial charge in [0.1, 0.15) is 16.6 Å². The van der Waals surface area contributed by atoms with Crippen LogP contribution in [0.5, 0.6) is 5.75 Å². The summed E-state index contributed by atoms with van der Waals surface area (Å²) >= 11 is 9.26. The third kappa shape index (κ3) is 5.08. The smallest absolute Gasteiger partial charge is 0.191 e. The predicted octanol–water partition coefficient (Wildman–Crippen LogP) is 6.47. The summed E-state index contributed by atoms with van der Waals surface area (Å²) in [4.78, 5) is 4.74. The first-order chi connectivity index (χ1) is 14.9. The number of hydrogen-bond donors (Lipinski definition) is 0. The first-order valence-corrected chi connectivity index (χ1v) is 11.8. The number of thioether (sulfide) groups is 1. The van der Waals surface area contributed by atoms with Crippen molar-refractivity contribution >= 4 is 34.7 Å². The van der Waals surface area contributed by atoms with Crippen LogP contribution in [0.4, 0.5) is 4.39 Å². The third-order valence-corrected chi connectivity index (χ3v) is 6.92. The molecule has 0 bridgehead atoms. The van der Waals surface area contributed by atoms with Crippen molar-refractivity contribution in [1.82, 2.24) is 19.7 Å². The van der Waals surface area contributed by atoms with E-state index < -0.39 is 11.9 Å². The largest absolute Gasteiger partial charge is 0.481 e. The number of halogens is 2. The molecule has 0 saturated heterocycles. The van der Waals surface area contributed by atoms with Crippen molar-refractivity contribution in [1.29, 1.82) is 0 Å². The van der Waals surface area contributed by atoms with Crippen molar-refractivity contribution in [3.8, 4) is 16.3 Å². The minimum absolute atomic E-state index is 0.219. The van der Waals surface area contributed by atoms with E-state index in [1.807, 2.05) is 18.5 Å². The molecule has 4 aromatic rings. The Morgan fingerprint density at radius 2 is 1.97 bits per heavy atom. The average Bonchev–Trinajstić information content (AvgIpc) is 3.36. The fourth-order valence-corrected chi connectivity index (χ4v) is 4.91. The summed E-state index contributed by atoms with van der Waals surface area (Å²) in [6.45, 7) is 3.93. The van der Waals surface area contributed by atoms with E-state index in [4.69, 9.17) is 21.3 Å². The fourth-order valence-electron chi connectivity index (χ4n) is 2.96. The van der Waals surface area contributed by atoms with Crippen molar-refractivity contribution in [2.45, 2.75) is 30.9 Å². The van der Waals surface area contributed by atoms with Crippen molar-refractivity contribution < 1.29 is 9.13 Å². The fraction of sp³-hybridized carbons (Fsp3) is 0.227. The standard InChI is InChI=1S/C22H20ClFN4OS2/c1-13-4-6-15(7-5-13)21-25-17(11-30-21)12-31-22-27-26-20(28(22)3)14(2)29-19-9-8-16(24)10-18(19)23/h4-11,14H,12H2,1-3H3. The van der Waals surface area contributed by atoms with Crippen LogP contribution in [-0.2, 0) is 12.8 Å². The maximum Gasteiger partial charge on any atom is 0.191 e. The van der Waals surface area contributed by atoms with Gasteiger partial charge < -0.3 is 9.30 Å². The van der Waals surface area contributed by atoms with Gasteiger partial charge in [-0.05, 0) is 32.0 Å². The van der Waals surface area contributed by atoms with E-state index in [-0.39, 0.29) is 5.02 Å². The number of benzene rings is 2. The van der Waals surface area contributed by atoms with Gasteiger partial charge in [-0.3, -0.25) is 0 Å². The number of thiazole rings is 1. The number of aryl methyl sites for hydroxylation is 1. The number of nitrogens with zero attached hydrogens (tertiary/aromatic N) is 4. The second-order valence-electron chi connectivity index (χ2n) is 7.03. The molecule has 0 spiro atoms. The molecule has 2 heterocycles. The quantitative estimate of drug-likeness (QED) is 0.287. The lowest BCUT2D eigenvalue weighted by Gasteiger charge is -2.15. The van der Waals surface area contributed by atoms with Crippen molar-refractivity contribution in [2.24, 2.45) is 7.05 Å². The Kier molecular flexibility index (Phi) is 6.60. The number of ether oxygens (including phenoxy) is 1. The summed E-state index contributed by atoms with van der Waals surface area (Å²) in [5, 5.41) is 12.6. The molecule has 0 aliphatic heterocycles. The van der Waals surface area contributed by atoms with Crippen LogP contribution >= 0.6 is 34.7 Å². The molecule has 0 radical (unpaired) electrons. The van der Waals surface area contributed by atoms with Gasteiger partial charge in [0, 0.05) is 23.7 Å². The molecule has 0 fully saturated rings. The van der Waals surface area contributed by atoms with Crippen molar-refractivity contribution in [3.63, 3.8) is 0 Å². The Hall–Kier alpha value is -2.42. The lowest BCUT2D eigenvalue weighted by atomic mass is 10.2. The van der Waals surface area contributed by atoms with Crippen LogP contribution in [0.3, 0.4) is 0 Å². The minimum atomic E-state index is -0.407. The second kappa shape index (κ2) is 9.38. The Labute approximate surface area is 193 Å². The zero-order valence-electron chi connectivity index (χ0n) is 17.2. The van der Waals surface area contributed by atoms with Crippen LogP contribution in [0.2, 0.25) is 5.02 Å². The highest BCUT2D eigenvalue weighted by Gasteiger charge is 2.19. The highest BCUT2D eigenvalue weighted by atomic mass is 35.5. The van der Waals surface area contributed by atoms with Gasteiger partial charge in [-0.15, -0.1) is 21.5 Å². The van der Waals surface area contributed by atoms with E-state index in [1.54, 1.807) is 23.1 Å². The van der Waals surface area contributed by atoms with E-state index in [2.05, 4.69) is 46.8 Å². The predicted molar refractivity (Wildman–Crippen MR) is 123 cm³/mol. The summed E-state index contributed by atoms with van der Waals surface area (Å²) < 4.78 is 21.0. The molecular formula is C22H20ClFN4OS2. The Bertz CT molecular complexity index is 1190.